The highest BCUT2D eigenvalue weighted by Crippen LogP contribution is 2.22. The van der Waals surface area contributed by atoms with Crippen molar-refractivity contribution in [1.82, 2.24) is 5.32 Å². The maximum absolute atomic E-state index is 11.7. The minimum atomic E-state index is -0.248. The molecule has 0 radical (unpaired) electrons. The van der Waals surface area contributed by atoms with E-state index in [0.29, 0.717) is 16.3 Å². The molecule has 0 fully saturated rings. The molecule has 1 rings (SSSR count). The molecule has 80 valence electrons. The Bertz CT molecular complexity index is 390. The number of nitrogens with two attached hydrogens (primary N) is 1. The molecule has 0 bridgehead atoms. The zero-order chi connectivity index (χ0) is 11.4. The predicted molar refractivity (Wildman–Crippen MR) is 63.0 cm³/mol. The van der Waals surface area contributed by atoms with Gasteiger partial charge in [-0.05, 0) is 19.1 Å². The van der Waals surface area contributed by atoms with E-state index in [-0.39, 0.29) is 11.9 Å². The lowest BCUT2D eigenvalue weighted by atomic mass is 10.1. The van der Waals surface area contributed by atoms with Crippen LogP contribution in [0.4, 0.5) is 5.69 Å². The number of anilines is 1. The highest BCUT2D eigenvalue weighted by molar-refractivity contribution is 6.33. The summed E-state index contributed by atoms with van der Waals surface area (Å²) in [5, 5.41) is 3.10. The van der Waals surface area contributed by atoms with Gasteiger partial charge < -0.3 is 11.1 Å². The number of benzene rings is 1. The first-order chi connectivity index (χ1) is 7.06. The molecule has 0 aromatic heterocycles. The van der Waals surface area contributed by atoms with Crippen LogP contribution in [-0.4, -0.2) is 11.9 Å². The quantitative estimate of drug-likeness (QED) is 0.611. The Hall–Kier alpha value is -1.48. The van der Waals surface area contributed by atoms with Crippen LogP contribution in [0.1, 0.15) is 17.3 Å². The van der Waals surface area contributed by atoms with Crippen LogP contribution in [0.5, 0.6) is 0 Å². The van der Waals surface area contributed by atoms with E-state index in [2.05, 4.69) is 11.9 Å². The van der Waals surface area contributed by atoms with Crippen molar-refractivity contribution in [2.24, 2.45) is 0 Å². The van der Waals surface area contributed by atoms with E-state index in [4.69, 9.17) is 17.3 Å². The van der Waals surface area contributed by atoms with Gasteiger partial charge in [0.05, 0.1) is 16.3 Å². The summed E-state index contributed by atoms with van der Waals surface area (Å²) in [7, 11) is 0. The average molecular weight is 225 g/mol. The van der Waals surface area contributed by atoms with Crippen LogP contribution in [0.15, 0.2) is 30.9 Å². The monoisotopic (exact) mass is 224 g/mol. The van der Waals surface area contributed by atoms with Crippen molar-refractivity contribution < 1.29 is 4.79 Å². The molecule has 0 aliphatic carbocycles. The average Bonchev–Trinajstić information content (AvgIpc) is 2.21. The molecule has 1 amide bonds. The molecule has 1 unspecified atom stereocenters. The van der Waals surface area contributed by atoms with Gasteiger partial charge in [0.2, 0.25) is 0 Å². The van der Waals surface area contributed by atoms with Crippen LogP contribution in [0.3, 0.4) is 0 Å². The second-order valence-corrected chi connectivity index (χ2v) is 3.61. The van der Waals surface area contributed by atoms with Crippen LogP contribution in [0.25, 0.3) is 0 Å². The molecule has 15 heavy (non-hydrogen) atoms. The summed E-state index contributed by atoms with van der Waals surface area (Å²) in [4.78, 5) is 11.7. The van der Waals surface area contributed by atoms with E-state index in [1.54, 1.807) is 24.3 Å². The fraction of sp³-hybridized carbons (Fsp3) is 0.182. The minimum Gasteiger partial charge on any atom is -0.397 e. The Kier molecular flexibility index (Phi) is 3.74. The van der Waals surface area contributed by atoms with Gasteiger partial charge in [0, 0.05) is 6.04 Å². The Morgan fingerprint density at radius 2 is 2.33 bits per heavy atom. The number of rotatable bonds is 3. The number of amides is 1. The van der Waals surface area contributed by atoms with Gasteiger partial charge in [-0.15, -0.1) is 6.58 Å². The van der Waals surface area contributed by atoms with E-state index < -0.39 is 0 Å². The summed E-state index contributed by atoms with van der Waals surface area (Å²) in [5.74, 6) is -0.248. The minimum absolute atomic E-state index is 0.101. The first-order valence-electron chi connectivity index (χ1n) is 4.53. The standard InChI is InChI=1S/C11H13ClN2O/c1-3-7(2)14-11(15)8-5-4-6-9(12)10(8)13/h3-7H,1,13H2,2H3,(H,14,15). The lowest BCUT2D eigenvalue weighted by molar-refractivity contribution is 0.0948. The third-order valence-corrected chi connectivity index (χ3v) is 2.34. The fourth-order valence-electron chi connectivity index (χ4n) is 1.08. The van der Waals surface area contributed by atoms with Crippen molar-refractivity contribution in [3.05, 3.63) is 41.4 Å². The SMILES string of the molecule is C=CC(C)NC(=O)c1cccc(Cl)c1N. The van der Waals surface area contributed by atoms with Crippen molar-refractivity contribution in [1.29, 1.82) is 0 Å². The lowest BCUT2D eigenvalue weighted by Crippen LogP contribution is -2.31. The smallest absolute Gasteiger partial charge is 0.253 e. The summed E-state index contributed by atoms with van der Waals surface area (Å²) >= 11 is 5.80. The molecule has 4 heteroatoms. The Morgan fingerprint density at radius 3 is 2.93 bits per heavy atom. The molecule has 0 heterocycles. The Balaban J connectivity index is 2.91. The van der Waals surface area contributed by atoms with Crippen molar-refractivity contribution in [3.63, 3.8) is 0 Å². The first kappa shape index (κ1) is 11.6. The number of nitrogens with one attached hydrogen (secondary N) is 1. The van der Waals surface area contributed by atoms with Crippen molar-refractivity contribution >= 4 is 23.2 Å². The van der Waals surface area contributed by atoms with Gasteiger partial charge >= 0.3 is 0 Å². The molecule has 1 aromatic carbocycles. The van der Waals surface area contributed by atoms with Gasteiger partial charge in [0.25, 0.3) is 5.91 Å². The Morgan fingerprint density at radius 1 is 1.67 bits per heavy atom. The van der Waals surface area contributed by atoms with Crippen molar-refractivity contribution in [2.75, 3.05) is 5.73 Å². The maximum Gasteiger partial charge on any atom is 0.253 e. The molecular formula is C11H13ClN2O. The summed E-state index contributed by atoms with van der Waals surface area (Å²) < 4.78 is 0. The molecule has 1 atom stereocenters. The zero-order valence-electron chi connectivity index (χ0n) is 8.46. The topological polar surface area (TPSA) is 55.1 Å². The number of carbonyl (C=O) groups excluding carboxylic acids is 1. The van der Waals surface area contributed by atoms with E-state index in [1.807, 2.05) is 6.92 Å². The number of nitrogen functional groups attached to an aromatic ring is 1. The largest absolute Gasteiger partial charge is 0.397 e. The molecular weight excluding hydrogens is 212 g/mol. The first-order valence-corrected chi connectivity index (χ1v) is 4.91. The molecule has 0 saturated heterocycles. The maximum atomic E-state index is 11.7. The van der Waals surface area contributed by atoms with Gasteiger partial charge in [-0.3, -0.25) is 4.79 Å². The van der Waals surface area contributed by atoms with E-state index in [0.717, 1.165) is 0 Å². The normalized spacial score (nSPS) is 11.9. The molecule has 3 N–H and O–H groups in total. The number of halogens is 1. The van der Waals surface area contributed by atoms with Crippen molar-refractivity contribution in [2.45, 2.75) is 13.0 Å². The molecule has 1 aromatic rings. The number of hydrogen-bond donors (Lipinski definition) is 2. The van der Waals surface area contributed by atoms with Gasteiger partial charge in [0.1, 0.15) is 0 Å². The predicted octanol–water partition coefficient (Wildman–Crippen LogP) is 2.23. The summed E-state index contributed by atoms with van der Waals surface area (Å²) in [6.45, 7) is 5.40. The second-order valence-electron chi connectivity index (χ2n) is 3.20. The zero-order valence-corrected chi connectivity index (χ0v) is 9.21. The molecule has 0 aliphatic heterocycles. The third-order valence-electron chi connectivity index (χ3n) is 2.01. The van der Waals surface area contributed by atoms with Crippen molar-refractivity contribution in [3.8, 4) is 0 Å². The summed E-state index contributed by atoms with van der Waals surface area (Å²) in [6, 6.07) is 4.86. The lowest BCUT2D eigenvalue weighted by Gasteiger charge is -2.11. The second kappa shape index (κ2) is 4.84. The van der Waals surface area contributed by atoms with Crippen LogP contribution in [-0.2, 0) is 0 Å². The number of para-hydroxylation sites is 1. The van der Waals surface area contributed by atoms with Gasteiger partial charge in [-0.1, -0.05) is 23.7 Å². The van der Waals surface area contributed by atoms with E-state index in [1.165, 1.54) is 0 Å². The fourth-order valence-corrected chi connectivity index (χ4v) is 1.25. The van der Waals surface area contributed by atoms with Crippen LogP contribution < -0.4 is 11.1 Å². The number of hydrogen-bond acceptors (Lipinski definition) is 2. The number of carbonyl (C=O) groups is 1. The summed E-state index contributed by atoms with van der Waals surface area (Å²) in [5.41, 5.74) is 6.37. The Labute approximate surface area is 93.9 Å². The summed E-state index contributed by atoms with van der Waals surface area (Å²) in [6.07, 6.45) is 1.64. The van der Waals surface area contributed by atoms with Crippen LogP contribution in [0, 0.1) is 0 Å². The van der Waals surface area contributed by atoms with E-state index in [9.17, 15) is 4.79 Å². The molecule has 0 aliphatic rings. The molecule has 0 spiro atoms. The van der Waals surface area contributed by atoms with Gasteiger partial charge in [-0.2, -0.15) is 0 Å². The van der Waals surface area contributed by atoms with E-state index >= 15 is 0 Å². The van der Waals surface area contributed by atoms with Crippen LogP contribution >= 0.6 is 11.6 Å². The molecule has 3 nitrogen and oxygen atoms in total. The van der Waals surface area contributed by atoms with Gasteiger partial charge in [-0.25, -0.2) is 0 Å². The van der Waals surface area contributed by atoms with Crippen LogP contribution in [0.2, 0.25) is 5.02 Å². The van der Waals surface area contributed by atoms with Gasteiger partial charge in [0.15, 0.2) is 0 Å². The highest BCUT2D eigenvalue weighted by Gasteiger charge is 2.12. The molecule has 0 saturated carbocycles. The highest BCUT2D eigenvalue weighted by atomic mass is 35.5. The third kappa shape index (κ3) is 2.73.